The molecule has 2 aromatic rings. The van der Waals surface area contributed by atoms with Gasteiger partial charge in [0.2, 0.25) is 0 Å². The maximum Gasteiger partial charge on any atom is 0.153 e. The van der Waals surface area contributed by atoms with Crippen LogP contribution in [0.4, 0.5) is 0 Å². The second-order valence-electron chi connectivity index (χ2n) is 5.72. The SMILES string of the molecule is Cc1nn(-c2cccc(CNCC(C)C)n2)c(C)c1C. The summed E-state index contributed by atoms with van der Waals surface area (Å²) in [6, 6.07) is 6.10. The average molecular weight is 272 g/mol. The van der Waals surface area contributed by atoms with Crippen LogP contribution in [-0.2, 0) is 6.54 Å². The largest absolute Gasteiger partial charge is 0.311 e. The monoisotopic (exact) mass is 272 g/mol. The van der Waals surface area contributed by atoms with E-state index in [0.717, 1.165) is 36.0 Å². The highest BCUT2D eigenvalue weighted by Gasteiger charge is 2.10. The van der Waals surface area contributed by atoms with E-state index in [0.29, 0.717) is 5.92 Å². The van der Waals surface area contributed by atoms with Gasteiger partial charge in [-0.05, 0) is 50.9 Å². The van der Waals surface area contributed by atoms with Gasteiger partial charge in [0.15, 0.2) is 5.82 Å². The van der Waals surface area contributed by atoms with Crippen LogP contribution in [0.2, 0.25) is 0 Å². The summed E-state index contributed by atoms with van der Waals surface area (Å²) in [6.07, 6.45) is 0. The van der Waals surface area contributed by atoms with Crippen LogP contribution in [0.25, 0.3) is 5.82 Å². The van der Waals surface area contributed by atoms with Gasteiger partial charge in [-0.1, -0.05) is 19.9 Å². The zero-order chi connectivity index (χ0) is 14.7. The van der Waals surface area contributed by atoms with Crippen LogP contribution in [0.1, 0.15) is 36.5 Å². The lowest BCUT2D eigenvalue weighted by atomic mass is 10.2. The molecular formula is C16H24N4. The lowest BCUT2D eigenvalue weighted by Crippen LogP contribution is -2.20. The number of rotatable bonds is 5. The van der Waals surface area contributed by atoms with Gasteiger partial charge in [-0.2, -0.15) is 5.10 Å². The Morgan fingerprint density at radius 1 is 1.20 bits per heavy atom. The van der Waals surface area contributed by atoms with Crippen LogP contribution >= 0.6 is 0 Å². The maximum absolute atomic E-state index is 4.69. The summed E-state index contributed by atoms with van der Waals surface area (Å²) >= 11 is 0. The highest BCUT2D eigenvalue weighted by molar-refractivity contribution is 5.32. The molecule has 0 atom stereocenters. The lowest BCUT2D eigenvalue weighted by molar-refractivity contribution is 0.547. The Balaban J connectivity index is 2.19. The highest BCUT2D eigenvalue weighted by Crippen LogP contribution is 2.15. The van der Waals surface area contributed by atoms with Crippen LogP contribution in [0, 0.1) is 26.7 Å². The van der Waals surface area contributed by atoms with Crippen molar-refractivity contribution < 1.29 is 0 Å². The Morgan fingerprint density at radius 3 is 2.55 bits per heavy atom. The smallest absolute Gasteiger partial charge is 0.153 e. The van der Waals surface area contributed by atoms with Crippen molar-refractivity contribution in [2.75, 3.05) is 6.54 Å². The summed E-state index contributed by atoms with van der Waals surface area (Å²) in [4.78, 5) is 4.69. The molecule has 0 unspecified atom stereocenters. The van der Waals surface area contributed by atoms with Gasteiger partial charge in [0.1, 0.15) is 0 Å². The van der Waals surface area contributed by atoms with Crippen molar-refractivity contribution in [3.05, 3.63) is 40.8 Å². The molecule has 20 heavy (non-hydrogen) atoms. The molecule has 0 radical (unpaired) electrons. The van der Waals surface area contributed by atoms with E-state index >= 15 is 0 Å². The van der Waals surface area contributed by atoms with E-state index in [9.17, 15) is 0 Å². The van der Waals surface area contributed by atoms with Crippen LogP contribution in [0.3, 0.4) is 0 Å². The summed E-state index contributed by atoms with van der Waals surface area (Å²) in [5.41, 5.74) is 4.50. The van der Waals surface area contributed by atoms with Gasteiger partial charge in [0, 0.05) is 12.2 Å². The molecule has 4 heteroatoms. The number of nitrogens with one attached hydrogen (secondary N) is 1. The third-order valence-corrected chi connectivity index (χ3v) is 3.52. The van der Waals surface area contributed by atoms with Crippen molar-refractivity contribution in [2.24, 2.45) is 5.92 Å². The van der Waals surface area contributed by atoms with Crippen molar-refractivity contribution in [2.45, 2.75) is 41.2 Å². The van der Waals surface area contributed by atoms with Crippen molar-refractivity contribution in [1.82, 2.24) is 20.1 Å². The molecule has 0 spiro atoms. The first-order valence-corrected chi connectivity index (χ1v) is 7.19. The average Bonchev–Trinajstić information content (AvgIpc) is 2.66. The van der Waals surface area contributed by atoms with Crippen molar-refractivity contribution >= 4 is 0 Å². The number of aromatic nitrogens is 3. The van der Waals surface area contributed by atoms with E-state index in [-0.39, 0.29) is 0 Å². The lowest BCUT2D eigenvalue weighted by Gasteiger charge is -2.09. The van der Waals surface area contributed by atoms with Gasteiger partial charge >= 0.3 is 0 Å². The molecule has 0 bridgehead atoms. The molecule has 2 aromatic heterocycles. The van der Waals surface area contributed by atoms with Gasteiger partial charge < -0.3 is 5.32 Å². The molecule has 2 heterocycles. The molecule has 108 valence electrons. The second-order valence-corrected chi connectivity index (χ2v) is 5.72. The molecule has 4 nitrogen and oxygen atoms in total. The topological polar surface area (TPSA) is 42.7 Å². The molecule has 0 aliphatic carbocycles. The van der Waals surface area contributed by atoms with E-state index in [4.69, 9.17) is 4.98 Å². The third kappa shape index (κ3) is 3.25. The predicted molar refractivity (Wildman–Crippen MR) is 82.1 cm³/mol. The molecular weight excluding hydrogens is 248 g/mol. The molecule has 0 saturated heterocycles. The van der Waals surface area contributed by atoms with Gasteiger partial charge in [-0.3, -0.25) is 0 Å². The van der Waals surface area contributed by atoms with Gasteiger partial charge in [0.25, 0.3) is 0 Å². The van der Waals surface area contributed by atoms with Gasteiger partial charge in [-0.25, -0.2) is 9.67 Å². The zero-order valence-electron chi connectivity index (χ0n) is 13.1. The molecule has 0 aromatic carbocycles. The fourth-order valence-corrected chi connectivity index (χ4v) is 2.12. The van der Waals surface area contributed by atoms with E-state index < -0.39 is 0 Å². The van der Waals surface area contributed by atoms with Crippen molar-refractivity contribution in [3.63, 3.8) is 0 Å². The fourth-order valence-electron chi connectivity index (χ4n) is 2.12. The Bertz CT molecular complexity index is 584. The highest BCUT2D eigenvalue weighted by atomic mass is 15.3. The van der Waals surface area contributed by atoms with Crippen molar-refractivity contribution in [3.8, 4) is 5.82 Å². The minimum absolute atomic E-state index is 0.650. The Labute approximate surface area is 121 Å². The number of nitrogens with zero attached hydrogens (tertiary/aromatic N) is 3. The summed E-state index contributed by atoms with van der Waals surface area (Å²) < 4.78 is 1.93. The first-order chi connectivity index (χ1) is 9.49. The summed E-state index contributed by atoms with van der Waals surface area (Å²) in [5.74, 6) is 1.54. The van der Waals surface area contributed by atoms with E-state index in [1.165, 1.54) is 5.56 Å². The van der Waals surface area contributed by atoms with Crippen LogP contribution in [-0.4, -0.2) is 21.3 Å². The first kappa shape index (κ1) is 14.7. The Hall–Kier alpha value is -1.68. The minimum atomic E-state index is 0.650. The minimum Gasteiger partial charge on any atom is -0.311 e. The third-order valence-electron chi connectivity index (χ3n) is 3.52. The van der Waals surface area contributed by atoms with E-state index in [2.05, 4.69) is 44.2 Å². The molecule has 0 fully saturated rings. The molecule has 1 N–H and O–H groups in total. The summed E-state index contributed by atoms with van der Waals surface area (Å²) in [6.45, 7) is 12.4. The first-order valence-electron chi connectivity index (χ1n) is 7.19. The molecule has 0 amide bonds. The normalized spacial score (nSPS) is 11.3. The summed E-state index contributed by atoms with van der Waals surface area (Å²) in [7, 11) is 0. The molecule has 2 rings (SSSR count). The Morgan fingerprint density at radius 2 is 1.95 bits per heavy atom. The van der Waals surface area contributed by atoms with E-state index in [1.54, 1.807) is 0 Å². The second kappa shape index (κ2) is 6.18. The standard InChI is InChI=1S/C16H24N4/c1-11(2)9-17-10-15-7-6-8-16(18-15)20-14(5)12(3)13(4)19-20/h6-8,11,17H,9-10H2,1-5H3. The van der Waals surface area contributed by atoms with Crippen molar-refractivity contribution in [1.29, 1.82) is 0 Å². The fraction of sp³-hybridized carbons (Fsp3) is 0.500. The number of hydrogen-bond acceptors (Lipinski definition) is 3. The van der Waals surface area contributed by atoms with Gasteiger partial charge in [0.05, 0.1) is 11.4 Å². The Kier molecular flexibility index (Phi) is 4.55. The number of pyridine rings is 1. The number of hydrogen-bond donors (Lipinski definition) is 1. The quantitative estimate of drug-likeness (QED) is 0.910. The van der Waals surface area contributed by atoms with Gasteiger partial charge in [-0.15, -0.1) is 0 Å². The summed E-state index contributed by atoms with van der Waals surface area (Å²) in [5, 5.41) is 7.98. The predicted octanol–water partition coefficient (Wildman–Crippen LogP) is 2.94. The van der Waals surface area contributed by atoms with Crippen LogP contribution in [0.15, 0.2) is 18.2 Å². The van der Waals surface area contributed by atoms with Crippen LogP contribution < -0.4 is 5.32 Å². The molecule has 0 saturated carbocycles. The molecule has 0 aliphatic rings. The van der Waals surface area contributed by atoms with Crippen LogP contribution in [0.5, 0.6) is 0 Å². The maximum atomic E-state index is 4.69. The zero-order valence-corrected chi connectivity index (χ0v) is 13.1. The number of aryl methyl sites for hydroxylation is 1. The van der Waals surface area contributed by atoms with E-state index in [1.807, 2.05) is 23.7 Å². The molecule has 0 aliphatic heterocycles.